The molecule has 4 rings (SSSR count). The van der Waals surface area contributed by atoms with Crippen molar-refractivity contribution >= 4 is 28.5 Å². The number of benzene rings is 3. The summed E-state index contributed by atoms with van der Waals surface area (Å²) in [6.07, 6.45) is -3.42. The smallest absolute Gasteiger partial charge is 0.449 e. The Kier molecular flexibility index (Phi) is 9.64. The van der Waals surface area contributed by atoms with E-state index < -0.39 is 29.1 Å². The van der Waals surface area contributed by atoms with Crippen LogP contribution in [0.4, 0.5) is 13.2 Å². The first-order chi connectivity index (χ1) is 19.9. The molecule has 42 heavy (non-hydrogen) atoms. The minimum atomic E-state index is -5.05. The summed E-state index contributed by atoms with van der Waals surface area (Å²) in [5, 5.41) is 0.312. The van der Waals surface area contributed by atoms with Crippen LogP contribution in [0.15, 0.2) is 63.8 Å². The molecular formula is C32H32ClF3NO5+. The summed E-state index contributed by atoms with van der Waals surface area (Å²) in [5.74, 6) is -3.17. The Hall–Kier alpha value is -3.82. The maximum atomic E-state index is 14.4. The van der Waals surface area contributed by atoms with Gasteiger partial charge in [0, 0.05) is 5.02 Å². The Morgan fingerprint density at radius 1 is 0.952 bits per heavy atom. The fourth-order valence-electron chi connectivity index (χ4n) is 4.72. The summed E-state index contributed by atoms with van der Waals surface area (Å²) in [7, 11) is 0. The lowest BCUT2D eigenvalue weighted by Gasteiger charge is -2.21. The Bertz CT molecular complexity index is 1640. The van der Waals surface area contributed by atoms with Crippen LogP contribution in [0.1, 0.15) is 59.5 Å². The molecule has 222 valence electrons. The van der Waals surface area contributed by atoms with Crippen LogP contribution in [0.2, 0.25) is 5.02 Å². The van der Waals surface area contributed by atoms with Gasteiger partial charge < -0.3 is 18.8 Å². The number of esters is 1. The molecule has 4 aromatic rings. The fraction of sp³-hybridized carbons (Fsp3) is 0.312. The molecule has 0 fully saturated rings. The Morgan fingerprint density at radius 3 is 2.21 bits per heavy atom. The number of halogens is 4. The van der Waals surface area contributed by atoms with E-state index in [0.29, 0.717) is 18.1 Å². The lowest BCUT2D eigenvalue weighted by atomic mass is 10.1. The lowest BCUT2D eigenvalue weighted by molar-refractivity contribution is -0.913. The van der Waals surface area contributed by atoms with Crippen LogP contribution in [0, 0.1) is 13.8 Å². The van der Waals surface area contributed by atoms with E-state index in [1.54, 1.807) is 19.1 Å². The van der Waals surface area contributed by atoms with Gasteiger partial charge in [-0.3, -0.25) is 4.79 Å². The molecular weight excluding hydrogens is 571 g/mol. The van der Waals surface area contributed by atoms with E-state index in [4.69, 9.17) is 25.5 Å². The summed E-state index contributed by atoms with van der Waals surface area (Å²) in [5.41, 5.74) is 0.812. The molecule has 1 heterocycles. The molecule has 0 aliphatic carbocycles. The van der Waals surface area contributed by atoms with Gasteiger partial charge >= 0.3 is 12.1 Å². The molecule has 0 radical (unpaired) electrons. The van der Waals surface area contributed by atoms with Crippen molar-refractivity contribution in [3.8, 4) is 17.2 Å². The van der Waals surface area contributed by atoms with Crippen molar-refractivity contribution in [3.63, 3.8) is 0 Å². The molecule has 0 saturated heterocycles. The van der Waals surface area contributed by atoms with Gasteiger partial charge in [0.1, 0.15) is 18.0 Å². The molecule has 10 heteroatoms. The van der Waals surface area contributed by atoms with Crippen molar-refractivity contribution < 1.29 is 36.8 Å². The van der Waals surface area contributed by atoms with Crippen LogP contribution in [0.5, 0.6) is 17.2 Å². The zero-order valence-electron chi connectivity index (χ0n) is 23.8. The minimum absolute atomic E-state index is 0.00579. The van der Waals surface area contributed by atoms with Crippen molar-refractivity contribution in [2.45, 2.75) is 53.3 Å². The Labute approximate surface area is 246 Å². The second-order valence-electron chi connectivity index (χ2n) is 10.2. The summed E-state index contributed by atoms with van der Waals surface area (Å²) in [6, 6.07) is 13.5. The standard InChI is InChI=1S/C32H31ClF3NO5/c1-5-15-37(16-6-2)18-25-26(41-31(39)21-8-10-22(33)11-9-21)14-13-24-27(38)29(30(32(34,35)36)42-28(24)25)40-23-12-7-19(3)20(4)17-23/h7-14,17H,5-6,15-16,18H2,1-4H3/p+1. The van der Waals surface area contributed by atoms with E-state index in [0.717, 1.165) is 28.9 Å². The van der Waals surface area contributed by atoms with Gasteiger partial charge in [0.05, 0.1) is 29.6 Å². The number of aryl methyl sites for hydroxylation is 2. The van der Waals surface area contributed by atoms with Gasteiger partial charge in [-0.05, 0) is 86.3 Å². The average Bonchev–Trinajstić information content (AvgIpc) is 2.93. The zero-order chi connectivity index (χ0) is 30.6. The first kappa shape index (κ1) is 31.1. The van der Waals surface area contributed by atoms with Crippen molar-refractivity contribution in [2.75, 3.05) is 13.1 Å². The zero-order valence-corrected chi connectivity index (χ0v) is 24.5. The number of carbonyl (C=O) groups excluding carboxylic acids is 1. The summed E-state index contributed by atoms with van der Waals surface area (Å²) >= 11 is 5.93. The largest absolute Gasteiger partial charge is 0.453 e. The Morgan fingerprint density at radius 2 is 1.62 bits per heavy atom. The third-order valence-electron chi connectivity index (χ3n) is 6.95. The van der Waals surface area contributed by atoms with Gasteiger partial charge in [-0.1, -0.05) is 31.5 Å². The summed E-state index contributed by atoms with van der Waals surface area (Å²) in [6.45, 7) is 9.22. The first-order valence-corrected chi connectivity index (χ1v) is 14.1. The molecule has 0 atom stereocenters. The second kappa shape index (κ2) is 13.0. The predicted molar refractivity (Wildman–Crippen MR) is 155 cm³/mol. The highest BCUT2D eigenvalue weighted by molar-refractivity contribution is 6.30. The highest BCUT2D eigenvalue weighted by atomic mass is 35.5. The quantitative estimate of drug-likeness (QED) is 0.152. The maximum absolute atomic E-state index is 14.4. The predicted octanol–water partition coefficient (Wildman–Crippen LogP) is 7.30. The number of rotatable bonds is 10. The molecule has 0 unspecified atom stereocenters. The SMILES string of the molecule is CCC[NH+](CCC)Cc1c(OC(=O)c2ccc(Cl)cc2)ccc2c(=O)c(Oc3ccc(C)c(C)c3)c(C(F)(F)F)oc12. The van der Waals surface area contributed by atoms with Crippen molar-refractivity contribution in [2.24, 2.45) is 0 Å². The lowest BCUT2D eigenvalue weighted by Crippen LogP contribution is -3.10. The topological polar surface area (TPSA) is 70.2 Å². The van der Waals surface area contributed by atoms with E-state index in [1.165, 1.54) is 42.5 Å². The second-order valence-corrected chi connectivity index (χ2v) is 10.6. The monoisotopic (exact) mass is 602 g/mol. The molecule has 0 spiro atoms. The number of hydrogen-bond acceptors (Lipinski definition) is 5. The first-order valence-electron chi connectivity index (χ1n) is 13.7. The minimum Gasteiger partial charge on any atom is -0.449 e. The van der Waals surface area contributed by atoms with E-state index in [-0.39, 0.29) is 40.1 Å². The van der Waals surface area contributed by atoms with E-state index >= 15 is 0 Å². The van der Waals surface area contributed by atoms with E-state index in [1.807, 2.05) is 20.8 Å². The van der Waals surface area contributed by atoms with Gasteiger partial charge in [0.25, 0.3) is 5.76 Å². The third-order valence-corrected chi connectivity index (χ3v) is 7.20. The van der Waals surface area contributed by atoms with Crippen LogP contribution in [-0.2, 0) is 12.7 Å². The van der Waals surface area contributed by atoms with Crippen molar-refractivity contribution in [1.82, 2.24) is 0 Å². The summed E-state index contributed by atoms with van der Waals surface area (Å²) in [4.78, 5) is 27.6. The van der Waals surface area contributed by atoms with Gasteiger partial charge in [-0.15, -0.1) is 0 Å². The summed E-state index contributed by atoms with van der Waals surface area (Å²) < 4.78 is 59.9. The van der Waals surface area contributed by atoms with Crippen LogP contribution in [-0.4, -0.2) is 19.1 Å². The molecule has 0 aliphatic rings. The molecule has 1 aromatic heterocycles. The van der Waals surface area contributed by atoms with Crippen LogP contribution < -0.4 is 19.8 Å². The van der Waals surface area contributed by atoms with Crippen LogP contribution >= 0.6 is 11.6 Å². The van der Waals surface area contributed by atoms with Crippen molar-refractivity contribution in [1.29, 1.82) is 0 Å². The highest BCUT2D eigenvalue weighted by Crippen LogP contribution is 2.40. The van der Waals surface area contributed by atoms with Crippen molar-refractivity contribution in [3.05, 3.63) is 97.9 Å². The van der Waals surface area contributed by atoms with Gasteiger partial charge in [-0.2, -0.15) is 13.2 Å². The van der Waals surface area contributed by atoms with Gasteiger partial charge in [0.2, 0.25) is 11.2 Å². The molecule has 6 nitrogen and oxygen atoms in total. The third kappa shape index (κ3) is 6.97. The maximum Gasteiger partial charge on any atom is 0.453 e. The number of fused-ring (bicyclic) bond motifs is 1. The van der Waals surface area contributed by atoms with Crippen LogP contribution in [0.3, 0.4) is 0 Å². The Balaban J connectivity index is 1.91. The fourth-order valence-corrected chi connectivity index (χ4v) is 4.85. The van der Waals surface area contributed by atoms with E-state index in [9.17, 15) is 22.8 Å². The molecule has 3 aromatic carbocycles. The highest BCUT2D eigenvalue weighted by Gasteiger charge is 2.41. The number of quaternary nitrogens is 1. The van der Waals surface area contributed by atoms with Gasteiger partial charge in [-0.25, -0.2) is 4.79 Å². The average molecular weight is 603 g/mol. The number of carbonyl (C=O) groups is 1. The molecule has 0 aliphatic heterocycles. The number of hydrogen-bond donors (Lipinski definition) is 1. The molecule has 0 bridgehead atoms. The normalized spacial score (nSPS) is 11.7. The van der Waals surface area contributed by atoms with E-state index in [2.05, 4.69) is 0 Å². The molecule has 1 N–H and O–H groups in total. The molecule has 0 amide bonds. The number of alkyl halides is 3. The van der Waals surface area contributed by atoms with Crippen LogP contribution in [0.25, 0.3) is 11.0 Å². The number of ether oxygens (including phenoxy) is 2. The van der Waals surface area contributed by atoms with Gasteiger partial charge in [0.15, 0.2) is 5.58 Å². The molecule has 0 saturated carbocycles. The number of nitrogens with one attached hydrogen (secondary N) is 1.